The van der Waals surface area contributed by atoms with Gasteiger partial charge in [-0.1, -0.05) is 26.0 Å². The summed E-state index contributed by atoms with van der Waals surface area (Å²) < 4.78 is 32.0. The Labute approximate surface area is 134 Å². The molecule has 2 aromatic rings. The maximum atomic E-state index is 14.0. The minimum atomic E-state index is -0.650. The maximum absolute atomic E-state index is 14.0. The first-order valence-electron chi connectivity index (χ1n) is 7.32. The number of nitrogens with one attached hydrogen (secondary N) is 1. The number of halogens is 2. The van der Waals surface area contributed by atoms with E-state index in [-0.39, 0.29) is 23.3 Å². The molecule has 122 valence electrons. The number of amides is 1. The molecule has 5 heteroatoms. The molecule has 0 spiro atoms. The molecule has 1 atom stereocenters. The van der Waals surface area contributed by atoms with Gasteiger partial charge in [-0.3, -0.25) is 4.79 Å². The Morgan fingerprint density at radius 3 is 2.26 bits per heavy atom. The molecular weight excluding hydrogens is 300 g/mol. The van der Waals surface area contributed by atoms with Crippen LogP contribution in [0.1, 0.15) is 35.8 Å². The molecule has 1 unspecified atom stereocenters. The smallest absolute Gasteiger partial charge is 0.254 e. The van der Waals surface area contributed by atoms with Crippen LogP contribution >= 0.6 is 0 Å². The van der Waals surface area contributed by atoms with Crippen molar-refractivity contribution in [1.82, 2.24) is 5.32 Å². The van der Waals surface area contributed by atoms with Gasteiger partial charge in [0.15, 0.2) is 0 Å². The summed E-state index contributed by atoms with van der Waals surface area (Å²) in [7, 11) is 1.43. The fourth-order valence-electron chi connectivity index (χ4n) is 2.33. The van der Waals surface area contributed by atoms with Crippen LogP contribution in [0.15, 0.2) is 42.5 Å². The summed E-state index contributed by atoms with van der Waals surface area (Å²) in [4.78, 5) is 12.4. The van der Waals surface area contributed by atoms with E-state index in [4.69, 9.17) is 4.74 Å². The van der Waals surface area contributed by atoms with Gasteiger partial charge in [0.2, 0.25) is 0 Å². The third-order valence-electron chi connectivity index (χ3n) is 3.60. The van der Waals surface area contributed by atoms with Crippen LogP contribution in [0.2, 0.25) is 0 Å². The highest BCUT2D eigenvalue weighted by Crippen LogP contribution is 2.23. The van der Waals surface area contributed by atoms with Crippen LogP contribution in [0.3, 0.4) is 0 Å². The number of methoxy groups -OCH3 is 1. The standard InChI is InChI=1S/C18H19F2NO2/c1-11(2)17(12-4-6-13(19)7-5-12)21-18(22)15-9-8-14(23-3)10-16(15)20/h4-11,17H,1-3H3,(H,21,22). The number of hydrogen-bond donors (Lipinski definition) is 1. The third kappa shape index (κ3) is 4.06. The molecule has 1 N–H and O–H groups in total. The van der Waals surface area contributed by atoms with E-state index >= 15 is 0 Å². The van der Waals surface area contributed by atoms with E-state index in [2.05, 4.69) is 5.32 Å². The lowest BCUT2D eigenvalue weighted by Crippen LogP contribution is -2.32. The van der Waals surface area contributed by atoms with E-state index in [1.165, 1.54) is 31.4 Å². The second kappa shape index (κ2) is 7.22. The molecule has 0 aromatic heterocycles. The van der Waals surface area contributed by atoms with E-state index in [0.29, 0.717) is 5.75 Å². The Morgan fingerprint density at radius 1 is 1.09 bits per heavy atom. The minimum Gasteiger partial charge on any atom is -0.497 e. The second-order valence-electron chi connectivity index (χ2n) is 5.59. The lowest BCUT2D eigenvalue weighted by Gasteiger charge is -2.23. The predicted octanol–water partition coefficient (Wildman–Crippen LogP) is 4.10. The van der Waals surface area contributed by atoms with Gasteiger partial charge in [-0.05, 0) is 35.7 Å². The first-order chi connectivity index (χ1) is 10.9. The van der Waals surface area contributed by atoms with Gasteiger partial charge < -0.3 is 10.1 Å². The summed E-state index contributed by atoms with van der Waals surface area (Å²) in [6, 6.07) is 9.64. The molecule has 0 aliphatic rings. The molecule has 2 aromatic carbocycles. The molecule has 2 rings (SSSR count). The van der Waals surface area contributed by atoms with Crippen molar-refractivity contribution in [1.29, 1.82) is 0 Å². The molecule has 0 heterocycles. The minimum absolute atomic E-state index is 0.0569. The summed E-state index contributed by atoms with van der Waals surface area (Å²) in [5, 5.41) is 2.80. The summed E-state index contributed by atoms with van der Waals surface area (Å²) >= 11 is 0. The monoisotopic (exact) mass is 319 g/mol. The van der Waals surface area contributed by atoms with Crippen LogP contribution in [-0.2, 0) is 0 Å². The highest BCUT2D eigenvalue weighted by Gasteiger charge is 2.21. The molecule has 0 saturated heterocycles. The lowest BCUT2D eigenvalue weighted by molar-refractivity contribution is 0.0921. The van der Waals surface area contributed by atoms with Crippen molar-refractivity contribution in [2.45, 2.75) is 19.9 Å². The Hall–Kier alpha value is -2.43. The van der Waals surface area contributed by atoms with Gasteiger partial charge in [-0.15, -0.1) is 0 Å². The van der Waals surface area contributed by atoms with Crippen LogP contribution in [0.4, 0.5) is 8.78 Å². The van der Waals surface area contributed by atoms with Crippen molar-refractivity contribution in [3.05, 3.63) is 65.2 Å². The van der Waals surface area contributed by atoms with Crippen molar-refractivity contribution in [3.8, 4) is 5.75 Å². The number of ether oxygens (including phenoxy) is 1. The van der Waals surface area contributed by atoms with Crippen LogP contribution < -0.4 is 10.1 Å². The Balaban J connectivity index is 2.23. The van der Waals surface area contributed by atoms with E-state index in [9.17, 15) is 13.6 Å². The highest BCUT2D eigenvalue weighted by molar-refractivity contribution is 5.94. The van der Waals surface area contributed by atoms with Crippen LogP contribution in [-0.4, -0.2) is 13.0 Å². The quantitative estimate of drug-likeness (QED) is 0.901. The number of carbonyl (C=O) groups is 1. The zero-order chi connectivity index (χ0) is 17.0. The van der Waals surface area contributed by atoms with Crippen molar-refractivity contribution < 1.29 is 18.3 Å². The number of carbonyl (C=O) groups excluding carboxylic acids is 1. The molecule has 0 fully saturated rings. The molecule has 1 amide bonds. The summed E-state index contributed by atoms with van der Waals surface area (Å²) in [6.45, 7) is 3.86. The van der Waals surface area contributed by atoms with Gasteiger partial charge in [0.25, 0.3) is 5.91 Å². The topological polar surface area (TPSA) is 38.3 Å². The average molecular weight is 319 g/mol. The lowest BCUT2D eigenvalue weighted by atomic mass is 9.95. The summed E-state index contributed by atoms with van der Waals surface area (Å²) in [5.74, 6) is -1.11. The molecule has 0 saturated carbocycles. The SMILES string of the molecule is COc1ccc(C(=O)NC(c2ccc(F)cc2)C(C)C)c(F)c1. The van der Waals surface area contributed by atoms with E-state index in [1.54, 1.807) is 12.1 Å². The zero-order valence-corrected chi connectivity index (χ0v) is 13.3. The van der Waals surface area contributed by atoms with E-state index in [1.807, 2.05) is 13.8 Å². The van der Waals surface area contributed by atoms with Crippen molar-refractivity contribution >= 4 is 5.91 Å². The average Bonchev–Trinajstić information content (AvgIpc) is 2.53. The van der Waals surface area contributed by atoms with Gasteiger partial charge in [-0.25, -0.2) is 8.78 Å². The highest BCUT2D eigenvalue weighted by atomic mass is 19.1. The molecule has 0 aliphatic carbocycles. The van der Waals surface area contributed by atoms with Gasteiger partial charge >= 0.3 is 0 Å². The Bertz CT molecular complexity index is 684. The third-order valence-corrected chi connectivity index (χ3v) is 3.60. The maximum Gasteiger partial charge on any atom is 0.254 e. The van der Waals surface area contributed by atoms with Gasteiger partial charge in [-0.2, -0.15) is 0 Å². The molecule has 0 bridgehead atoms. The Kier molecular flexibility index (Phi) is 5.32. The van der Waals surface area contributed by atoms with Crippen LogP contribution in [0.5, 0.6) is 5.75 Å². The second-order valence-corrected chi connectivity index (χ2v) is 5.59. The summed E-state index contributed by atoms with van der Waals surface area (Å²) in [6.07, 6.45) is 0. The van der Waals surface area contributed by atoms with Crippen LogP contribution in [0, 0.1) is 17.6 Å². The fourth-order valence-corrected chi connectivity index (χ4v) is 2.33. The normalized spacial score (nSPS) is 12.1. The largest absolute Gasteiger partial charge is 0.497 e. The predicted molar refractivity (Wildman–Crippen MR) is 84.4 cm³/mol. The molecule has 3 nitrogen and oxygen atoms in total. The molecule has 0 aliphatic heterocycles. The summed E-state index contributed by atoms with van der Waals surface area (Å²) in [5.41, 5.74) is 0.710. The fraction of sp³-hybridized carbons (Fsp3) is 0.278. The van der Waals surface area contributed by atoms with Crippen molar-refractivity contribution in [3.63, 3.8) is 0 Å². The van der Waals surface area contributed by atoms with Crippen molar-refractivity contribution in [2.75, 3.05) is 7.11 Å². The van der Waals surface area contributed by atoms with E-state index < -0.39 is 11.7 Å². The van der Waals surface area contributed by atoms with E-state index in [0.717, 1.165) is 11.6 Å². The number of hydrogen-bond acceptors (Lipinski definition) is 2. The van der Waals surface area contributed by atoms with Gasteiger partial charge in [0.05, 0.1) is 18.7 Å². The van der Waals surface area contributed by atoms with Gasteiger partial charge in [0, 0.05) is 6.07 Å². The molecule has 0 radical (unpaired) electrons. The van der Waals surface area contributed by atoms with Crippen molar-refractivity contribution in [2.24, 2.45) is 5.92 Å². The zero-order valence-electron chi connectivity index (χ0n) is 13.3. The van der Waals surface area contributed by atoms with Crippen LogP contribution in [0.25, 0.3) is 0 Å². The number of rotatable bonds is 5. The Morgan fingerprint density at radius 2 is 1.74 bits per heavy atom. The first-order valence-corrected chi connectivity index (χ1v) is 7.32. The molecular formula is C18H19F2NO2. The van der Waals surface area contributed by atoms with Gasteiger partial charge in [0.1, 0.15) is 17.4 Å². The number of benzene rings is 2. The first kappa shape index (κ1) is 16.9. The molecule has 23 heavy (non-hydrogen) atoms.